The SMILES string of the molecule is COc1ccc2ccccc2c1OC1O[C@H](CO)[C@H](O)[C@H](O)[C@H]1O. The molecule has 1 aliphatic rings. The molecule has 1 aliphatic heterocycles. The first-order valence-corrected chi connectivity index (χ1v) is 7.59. The molecule has 3 rings (SSSR count). The van der Waals surface area contributed by atoms with Gasteiger partial charge in [0.15, 0.2) is 11.5 Å². The Hall–Kier alpha value is -1.90. The van der Waals surface area contributed by atoms with Gasteiger partial charge in [-0.25, -0.2) is 0 Å². The van der Waals surface area contributed by atoms with Crippen LogP contribution in [0.25, 0.3) is 10.8 Å². The molecule has 7 heteroatoms. The third-order valence-corrected chi connectivity index (χ3v) is 4.15. The van der Waals surface area contributed by atoms with E-state index in [1.54, 1.807) is 6.07 Å². The van der Waals surface area contributed by atoms with E-state index in [4.69, 9.17) is 14.2 Å². The first-order valence-electron chi connectivity index (χ1n) is 7.59. The van der Waals surface area contributed by atoms with Gasteiger partial charge in [-0.15, -0.1) is 0 Å². The van der Waals surface area contributed by atoms with E-state index in [9.17, 15) is 20.4 Å². The van der Waals surface area contributed by atoms with Crippen molar-refractivity contribution < 1.29 is 34.6 Å². The van der Waals surface area contributed by atoms with Crippen LogP contribution in [0, 0.1) is 0 Å². The molecular formula is C17H20O7. The summed E-state index contributed by atoms with van der Waals surface area (Å²) in [7, 11) is 1.49. The Morgan fingerprint density at radius 3 is 2.46 bits per heavy atom. The van der Waals surface area contributed by atoms with Gasteiger partial charge in [0.1, 0.15) is 24.4 Å². The lowest BCUT2D eigenvalue weighted by Gasteiger charge is -2.39. The molecule has 2 aromatic rings. The van der Waals surface area contributed by atoms with Crippen LogP contribution >= 0.6 is 0 Å². The number of rotatable bonds is 4. The summed E-state index contributed by atoms with van der Waals surface area (Å²) in [6.07, 6.45) is -6.71. The summed E-state index contributed by atoms with van der Waals surface area (Å²) in [6, 6.07) is 11.0. The molecule has 5 atom stereocenters. The fraction of sp³-hybridized carbons (Fsp3) is 0.412. The Morgan fingerprint density at radius 2 is 1.75 bits per heavy atom. The predicted octanol–water partition coefficient (Wildman–Crippen LogP) is 0.0271. The highest BCUT2D eigenvalue weighted by Gasteiger charge is 2.45. The number of fused-ring (bicyclic) bond motifs is 1. The van der Waals surface area contributed by atoms with Crippen LogP contribution < -0.4 is 9.47 Å². The van der Waals surface area contributed by atoms with E-state index < -0.39 is 37.3 Å². The molecule has 4 N–H and O–H groups in total. The molecule has 24 heavy (non-hydrogen) atoms. The van der Waals surface area contributed by atoms with Crippen LogP contribution in [-0.2, 0) is 4.74 Å². The zero-order valence-electron chi connectivity index (χ0n) is 13.1. The molecule has 0 saturated carbocycles. The summed E-state index contributed by atoms with van der Waals surface area (Å²) in [4.78, 5) is 0. The van der Waals surface area contributed by atoms with Gasteiger partial charge in [-0.2, -0.15) is 0 Å². The summed E-state index contributed by atoms with van der Waals surface area (Å²) in [5.74, 6) is 0.783. The summed E-state index contributed by atoms with van der Waals surface area (Å²) < 4.78 is 16.5. The average Bonchev–Trinajstić information content (AvgIpc) is 2.62. The predicted molar refractivity (Wildman–Crippen MR) is 84.9 cm³/mol. The van der Waals surface area contributed by atoms with Gasteiger partial charge in [0.25, 0.3) is 0 Å². The van der Waals surface area contributed by atoms with Gasteiger partial charge >= 0.3 is 0 Å². The third-order valence-electron chi connectivity index (χ3n) is 4.15. The Balaban J connectivity index is 1.96. The Kier molecular flexibility index (Phi) is 4.88. The van der Waals surface area contributed by atoms with Gasteiger partial charge in [0.2, 0.25) is 6.29 Å². The van der Waals surface area contributed by atoms with Crippen LogP contribution in [0.3, 0.4) is 0 Å². The second-order valence-corrected chi connectivity index (χ2v) is 5.63. The maximum absolute atomic E-state index is 10.1. The number of methoxy groups -OCH3 is 1. The fourth-order valence-electron chi connectivity index (χ4n) is 2.79. The average molecular weight is 336 g/mol. The molecule has 1 saturated heterocycles. The van der Waals surface area contributed by atoms with Gasteiger partial charge < -0.3 is 34.6 Å². The minimum atomic E-state index is -1.50. The Bertz CT molecular complexity index is 702. The molecule has 0 bridgehead atoms. The lowest BCUT2D eigenvalue weighted by molar-refractivity contribution is -0.277. The van der Waals surface area contributed by atoms with E-state index in [1.165, 1.54) is 7.11 Å². The van der Waals surface area contributed by atoms with Crippen LogP contribution in [-0.4, -0.2) is 64.8 Å². The van der Waals surface area contributed by atoms with Crippen molar-refractivity contribution in [3.63, 3.8) is 0 Å². The molecular weight excluding hydrogens is 316 g/mol. The second-order valence-electron chi connectivity index (χ2n) is 5.63. The van der Waals surface area contributed by atoms with Crippen molar-refractivity contribution in [2.24, 2.45) is 0 Å². The van der Waals surface area contributed by atoms with Crippen molar-refractivity contribution in [3.8, 4) is 11.5 Å². The second kappa shape index (κ2) is 6.92. The maximum Gasteiger partial charge on any atom is 0.229 e. The molecule has 0 aromatic heterocycles. The molecule has 1 fully saturated rings. The Morgan fingerprint density at radius 1 is 1.00 bits per heavy atom. The van der Waals surface area contributed by atoms with Gasteiger partial charge in [-0.05, 0) is 11.5 Å². The van der Waals surface area contributed by atoms with Crippen LogP contribution in [0.4, 0.5) is 0 Å². The molecule has 0 radical (unpaired) electrons. The number of aliphatic hydroxyl groups is 4. The van der Waals surface area contributed by atoms with Crippen LogP contribution in [0.5, 0.6) is 11.5 Å². The summed E-state index contributed by atoms with van der Waals surface area (Å²) in [5, 5.41) is 40.8. The lowest BCUT2D eigenvalue weighted by Crippen LogP contribution is -2.60. The van der Waals surface area contributed by atoms with Gasteiger partial charge in [-0.3, -0.25) is 0 Å². The minimum Gasteiger partial charge on any atom is -0.493 e. The van der Waals surface area contributed by atoms with Crippen LogP contribution in [0.15, 0.2) is 36.4 Å². The van der Waals surface area contributed by atoms with E-state index >= 15 is 0 Å². The third kappa shape index (κ3) is 2.92. The van der Waals surface area contributed by atoms with Crippen LogP contribution in [0.2, 0.25) is 0 Å². The van der Waals surface area contributed by atoms with Crippen molar-refractivity contribution in [3.05, 3.63) is 36.4 Å². The first kappa shape index (κ1) is 16.9. The summed E-state index contributed by atoms with van der Waals surface area (Å²) >= 11 is 0. The highest BCUT2D eigenvalue weighted by Crippen LogP contribution is 2.37. The van der Waals surface area contributed by atoms with Gasteiger partial charge in [0.05, 0.1) is 13.7 Å². The molecule has 7 nitrogen and oxygen atoms in total. The Labute approximate surface area is 138 Å². The number of aliphatic hydroxyl groups excluding tert-OH is 4. The standard InChI is InChI=1S/C17H20O7/c1-22-11-7-6-9-4-2-3-5-10(9)16(11)24-17-15(21)14(20)13(19)12(8-18)23-17/h2-7,12-15,17-21H,8H2,1H3/t12-,13+,14+,15-,17?/m1/s1. The van der Waals surface area contributed by atoms with E-state index in [-0.39, 0.29) is 0 Å². The monoisotopic (exact) mass is 336 g/mol. The van der Waals surface area contributed by atoms with E-state index in [1.807, 2.05) is 30.3 Å². The summed E-state index contributed by atoms with van der Waals surface area (Å²) in [5.41, 5.74) is 0. The zero-order chi connectivity index (χ0) is 17.3. The van der Waals surface area contributed by atoms with E-state index in [2.05, 4.69) is 0 Å². The number of hydrogen-bond acceptors (Lipinski definition) is 7. The van der Waals surface area contributed by atoms with Gasteiger partial charge in [-0.1, -0.05) is 30.3 Å². The maximum atomic E-state index is 10.1. The molecule has 2 aromatic carbocycles. The number of benzene rings is 2. The highest BCUT2D eigenvalue weighted by molar-refractivity contribution is 5.90. The molecule has 1 heterocycles. The number of hydrogen-bond donors (Lipinski definition) is 4. The van der Waals surface area contributed by atoms with Gasteiger partial charge in [0, 0.05) is 5.39 Å². The van der Waals surface area contributed by atoms with Crippen molar-refractivity contribution >= 4 is 10.8 Å². The molecule has 130 valence electrons. The topological polar surface area (TPSA) is 109 Å². The highest BCUT2D eigenvalue weighted by atomic mass is 16.7. The van der Waals surface area contributed by atoms with Crippen molar-refractivity contribution in [2.45, 2.75) is 30.7 Å². The normalized spacial score (nSPS) is 30.3. The van der Waals surface area contributed by atoms with E-state index in [0.717, 1.165) is 10.8 Å². The number of ether oxygens (including phenoxy) is 3. The van der Waals surface area contributed by atoms with E-state index in [0.29, 0.717) is 11.5 Å². The quantitative estimate of drug-likeness (QED) is 0.624. The molecule has 0 aliphatic carbocycles. The summed E-state index contributed by atoms with van der Waals surface area (Å²) in [6.45, 7) is -0.516. The van der Waals surface area contributed by atoms with Crippen molar-refractivity contribution in [1.82, 2.24) is 0 Å². The molecule has 0 amide bonds. The first-order chi connectivity index (χ1) is 11.6. The largest absolute Gasteiger partial charge is 0.493 e. The van der Waals surface area contributed by atoms with Crippen molar-refractivity contribution in [2.75, 3.05) is 13.7 Å². The minimum absolute atomic E-state index is 0.347. The lowest BCUT2D eigenvalue weighted by atomic mass is 9.99. The fourth-order valence-corrected chi connectivity index (χ4v) is 2.79. The smallest absolute Gasteiger partial charge is 0.229 e. The zero-order valence-corrected chi connectivity index (χ0v) is 13.1. The molecule has 0 spiro atoms. The van der Waals surface area contributed by atoms with Crippen LogP contribution in [0.1, 0.15) is 0 Å². The molecule has 1 unspecified atom stereocenters. The van der Waals surface area contributed by atoms with Crippen molar-refractivity contribution in [1.29, 1.82) is 0 Å².